The van der Waals surface area contributed by atoms with Crippen LogP contribution in [0.4, 0.5) is 0 Å². The van der Waals surface area contributed by atoms with E-state index in [1.807, 2.05) is 38.1 Å². The van der Waals surface area contributed by atoms with Crippen LogP contribution in [-0.2, 0) is 0 Å². The summed E-state index contributed by atoms with van der Waals surface area (Å²) in [7, 11) is 2.11. The van der Waals surface area contributed by atoms with Crippen molar-refractivity contribution in [1.29, 1.82) is 0 Å². The Hall–Kier alpha value is -1.15. The molecule has 1 saturated carbocycles. The van der Waals surface area contributed by atoms with Gasteiger partial charge in [0.05, 0.1) is 6.04 Å². The minimum absolute atomic E-state index is 0.0427. The molecule has 116 valence electrons. The highest BCUT2D eigenvalue weighted by Gasteiger charge is 2.32. The highest BCUT2D eigenvalue weighted by Crippen LogP contribution is 2.37. The minimum Gasteiger partial charge on any atom is -0.294 e. The van der Waals surface area contributed by atoms with Gasteiger partial charge in [-0.1, -0.05) is 43.7 Å². The monoisotopic (exact) mass is 287 g/mol. The maximum atomic E-state index is 12.6. The maximum absolute atomic E-state index is 12.6. The first-order chi connectivity index (χ1) is 9.80. The van der Waals surface area contributed by atoms with Crippen LogP contribution in [0.5, 0.6) is 0 Å². The lowest BCUT2D eigenvalue weighted by molar-refractivity contribution is 0.0700. The second-order valence-electron chi connectivity index (χ2n) is 7.47. The van der Waals surface area contributed by atoms with Crippen LogP contribution in [0.3, 0.4) is 0 Å². The molecule has 2 heteroatoms. The van der Waals surface area contributed by atoms with E-state index < -0.39 is 0 Å². The molecule has 1 aliphatic rings. The third kappa shape index (κ3) is 3.94. The van der Waals surface area contributed by atoms with Gasteiger partial charge in [-0.25, -0.2) is 0 Å². The maximum Gasteiger partial charge on any atom is 0.179 e. The quantitative estimate of drug-likeness (QED) is 0.762. The van der Waals surface area contributed by atoms with Crippen LogP contribution in [0.1, 0.15) is 62.4 Å². The van der Waals surface area contributed by atoms with Gasteiger partial charge in [0.15, 0.2) is 5.78 Å². The number of benzene rings is 1. The summed E-state index contributed by atoms with van der Waals surface area (Å²) < 4.78 is 0. The van der Waals surface area contributed by atoms with Gasteiger partial charge in [0, 0.05) is 11.6 Å². The number of hydrogen-bond donors (Lipinski definition) is 0. The molecule has 0 saturated heterocycles. The van der Waals surface area contributed by atoms with E-state index in [0.29, 0.717) is 11.5 Å². The number of nitrogens with zero attached hydrogens (tertiary/aromatic N) is 1. The molecule has 1 aliphatic carbocycles. The van der Waals surface area contributed by atoms with E-state index in [1.165, 1.54) is 31.2 Å². The molecule has 1 atom stereocenters. The molecule has 21 heavy (non-hydrogen) atoms. The molecule has 0 radical (unpaired) electrons. The van der Waals surface area contributed by atoms with E-state index in [2.05, 4.69) is 25.8 Å². The lowest BCUT2D eigenvalue weighted by Gasteiger charge is -2.40. The first-order valence-corrected chi connectivity index (χ1v) is 8.13. The first kappa shape index (κ1) is 16.2. The molecule has 1 aromatic rings. The Morgan fingerprint density at radius 1 is 1.19 bits per heavy atom. The number of aryl methyl sites for hydroxylation is 1. The van der Waals surface area contributed by atoms with E-state index in [9.17, 15) is 4.79 Å². The average molecular weight is 287 g/mol. The van der Waals surface area contributed by atoms with Gasteiger partial charge < -0.3 is 0 Å². The van der Waals surface area contributed by atoms with Crippen molar-refractivity contribution >= 4 is 5.78 Å². The molecule has 0 aromatic heterocycles. The van der Waals surface area contributed by atoms with E-state index in [0.717, 1.165) is 5.56 Å². The summed E-state index contributed by atoms with van der Waals surface area (Å²) in [5, 5.41) is 0. The number of rotatable bonds is 4. The zero-order valence-corrected chi connectivity index (χ0v) is 14.1. The predicted octanol–water partition coefficient (Wildman–Crippen LogP) is 4.47. The van der Waals surface area contributed by atoms with Crippen molar-refractivity contribution in [2.45, 2.75) is 65.5 Å². The lowest BCUT2D eigenvalue weighted by Crippen LogP contribution is -2.45. The minimum atomic E-state index is -0.0427. The number of Topliss-reactive ketones (excluding diaryl/α,β-unsaturated/α-hetero) is 1. The van der Waals surface area contributed by atoms with Crippen LogP contribution in [0.25, 0.3) is 0 Å². The SMILES string of the molecule is Cc1ccc(C(=O)C(C)N(C)C2CCC(C)(C)CC2)cc1. The summed E-state index contributed by atoms with van der Waals surface area (Å²) in [6.45, 7) is 8.80. The summed E-state index contributed by atoms with van der Waals surface area (Å²) in [4.78, 5) is 14.9. The van der Waals surface area contributed by atoms with E-state index in [1.54, 1.807) is 0 Å². The number of hydrogen-bond acceptors (Lipinski definition) is 2. The third-order valence-corrected chi connectivity index (χ3v) is 5.21. The molecule has 0 N–H and O–H groups in total. The third-order valence-electron chi connectivity index (χ3n) is 5.21. The van der Waals surface area contributed by atoms with Gasteiger partial charge in [-0.15, -0.1) is 0 Å². The number of likely N-dealkylation sites (N-methyl/N-ethyl adjacent to an activating group) is 1. The summed E-state index contributed by atoms with van der Waals surface area (Å²) in [5.74, 6) is 0.238. The van der Waals surface area contributed by atoms with Gasteiger partial charge in [-0.05, 0) is 52.0 Å². The molecular formula is C19H29NO. The fourth-order valence-electron chi connectivity index (χ4n) is 3.25. The number of ketones is 1. The Morgan fingerprint density at radius 2 is 1.71 bits per heavy atom. The Kier molecular flexibility index (Phi) is 4.88. The topological polar surface area (TPSA) is 20.3 Å². The smallest absolute Gasteiger partial charge is 0.179 e. The molecule has 0 aliphatic heterocycles. The Balaban J connectivity index is 2.00. The molecule has 2 nitrogen and oxygen atoms in total. The summed E-state index contributed by atoms with van der Waals surface area (Å²) >= 11 is 0. The van der Waals surface area contributed by atoms with Crippen LogP contribution in [-0.4, -0.2) is 29.8 Å². The van der Waals surface area contributed by atoms with Crippen molar-refractivity contribution in [3.8, 4) is 0 Å². The van der Waals surface area contributed by atoms with E-state index in [4.69, 9.17) is 0 Å². The molecule has 0 spiro atoms. The van der Waals surface area contributed by atoms with Gasteiger partial charge in [-0.3, -0.25) is 9.69 Å². The second-order valence-corrected chi connectivity index (χ2v) is 7.47. The van der Waals surface area contributed by atoms with Crippen LogP contribution < -0.4 is 0 Å². The first-order valence-electron chi connectivity index (χ1n) is 8.13. The highest BCUT2D eigenvalue weighted by atomic mass is 16.1. The molecule has 0 amide bonds. The molecule has 1 unspecified atom stereocenters. The van der Waals surface area contributed by atoms with Crippen molar-refractivity contribution in [3.63, 3.8) is 0 Å². The van der Waals surface area contributed by atoms with Crippen LogP contribution in [0.15, 0.2) is 24.3 Å². The summed E-state index contributed by atoms with van der Waals surface area (Å²) in [6, 6.07) is 8.44. The largest absolute Gasteiger partial charge is 0.294 e. The fourth-order valence-corrected chi connectivity index (χ4v) is 3.25. The van der Waals surface area contributed by atoms with Gasteiger partial charge in [-0.2, -0.15) is 0 Å². The molecule has 0 bridgehead atoms. The summed E-state index contributed by atoms with van der Waals surface area (Å²) in [5.41, 5.74) is 2.50. The molecule has 1 aromatic carbocycles. The van der Waals surface area contributed by atoms with Gasteiger partial charge in [0.25, 0.3) is 0 Å². The van der Waals surface area contributed by atoms with Crippen molar-refractivity contribution in [2.24, 2.45) is 5.41 Å². The van der Waals surface area contributed by atoms with Gasteiger partial charge >= 0.3 is 0 Å². The van der Waals surface area contributed by atoms with Crippen molar-refractivity contribution in [2.75, 3.05) is 7.05 Å². The van der Waals surface area contributed by atoms with Crippen molar-refractivity contribution in [1.82, 2.24) is 4.90 Å². The summed E-state index contributed by atoms with van der Waals surface area (Å²) in [6.07, 6.45) is 4.92. The molecule has 2 rings (SSSR count). The van der Waals surface area contributed by atoms with E-state index >= 15 is 0 Å². The average Bonchev–Trinajstić information content (AvgIpc) is 2.46. The van der Waals surface area contributed by atoms with Gasteiger partial charge in [0.1, 0.15) is 0 Å². The predicted molar refractivity (Wildman–Crippen MR) is 88.8 cm³/mol. The van der Waals surface area contributed by atoms with E-state index in [-0.39, 0.29) is 11.8 Å². The standard InChI is InChI=1S/C19H29NO/c1-14-6-8-16(9-7-14)18(21)15(2)20(5)17-10-12-19(3,4)13-11-17/h6-9,15,17H,10-13H2,1-5H3. The van der Waals surface area contributed by atoms with Gasteiger partial charge in [0.2, 0.25) is 0 Å². The normalized spacial score (nSPS) is 20.5. The molecule has 0 heterocycles. The molecular weight excluding hydrogens is 258 g/mol. The second kappa shape index (κ2) is 6.31. The zero-order chi connectivity index (χ0) is 15.6. The lowest BCUT2D eigenvalue weighted by atomic mass is 9.75. The molecule has 1 fully saturated rings. The van der Waals surface area contributed by atoms with Crippen molar-refractivity contribution in [3.05, 3.63) is 35.4 Å². The van der Waals surface area contributed by atoms with Crippen LogP contribution in [0, 0.1) is 12.3 Å². The fraction of sp³-hybridized carbons (Fsp3) is 0.632. The van der Waals surface area contributed by atoms with Crippen LogP contribution in [0.2, 0.25) is 0 Å². The highest BCUT2D eigenvalue weighted by molar-refractivity contribution is 5.99. The Bertz CT molecular complexity index is 479. The number of carbonyl (C=O) groups excluding carboxylic acids is 1. The Morgan fingerprint density at radius 3 is 2.24 bits per heavy atom. The van der Waals surface area contributed by atoms with Crippen LogP contribution >= 0.6 is 0 Å². The van der Waals surface area contributed by atoms with Crippen molar-refractivity contribution < 1.29 is 4.79 Å². The Labute approximate surface area is 129 Å². The zero-order valence-electron chi connectivity index (χ0n) is 14.1. The number of carbonyl (C=O) groups is 1.